The van der Waals surface area contributed by atoms with Crippen LogP contribution in [0.1, 0.15) is 25.3 Å². The van der Waals surface area contributed by atoms with Crippen LogP contribution in [0.25, 0.3) is 0 Å². The first-order valence-corrected chi connectivity index (χ1v) is 6.67. The van der Waals surface area contributed by atoms with Crippen molar-refractivity contribution in [2.24, 2.45) is 4.99 Å². The number of hydrogen-bond acceptors (Lipinski definition) is 2. The topological polar surface area (TPSA) is 41.5 Å². The Balaban J connectivity index is 2.15. The van der Waals surface area contributed by atoms with Gasteiger partial charge in [0.15, 0.2) is 0 Å². The van der Waals surface area contributed by atoms with Crippen molar-refractivity contribution < 1.29 is 4.79 Å². The summed E-state index contributed by atoms with van der Waals surface area (Å²) in [5.74, 6) is 0.614. The SMILES string of the molecule is CCCC1N=C(Cc2c(Cl)cccc2Cl)NC1=O. The molecule has 0 saturated carbocycles. The Labute approximate surface area is 116 Å². The standard InChI is InChI=1S/C13H14Cl2N2O/c1-2-4-11-13(18)17-12(16-11)7-8-9(14)5-3-6-10(8)15/h3,5-6,11H,2,4,7H2,1H3,(H,16,17,18). The summed E-state index contributed by atoms with van der Waals surface area (Å²) >= 11 is 12.2. The van der Waals surface area contributed by atoms with Crippen molar-refractivity contribution in [3.8, 4) is 0 Å². The molecule has 3 nitrogen and oxygen atoms in total. The van der Waals surface area contributed by atoms with E-state index < -0.39 is 0 Å². The molecule has 2 rings (SSSR count). The normalized spacial score (nSPS) is 18.7. The van der Waals surface area contributed by atoms with Gasteiger partial charge in [-0.25, -0.2) is 0 Å². The van der Waals surface area contributed by atoms with E-state index in [2.05, 4.69) is 10.3 Å². The second-order valence-corrected chi connectivity index (χ2v) is 5.06. The Hall–Kier alpha value is -1.06. The smallest absolute Gasteiger partial charge is 0.250 e. The van der Waals surface area contributed by atoms with Gasteiger partial charge in [-0.2, -0.15) is 0 Å². The van der Waals surface area contributed by atoms with Crippen LogP contribution in [0.4, 0.5) is 0 Å². The maximum absolute atomic E-state index is 11.6. The largest absolute Gasteiger partial charge is 0.312 e. The highest BCUT2D eigenvalue weighted by Gasteiger charge is 2.25. The fourth-order valence-electron chi connectivity index (χ4n) is 1.93. The molecule has 1 amide bonds. The highest BCUT2D eigenvalue weighted by Crippen LogP contribution is 2.25. The van der Waals surface area contributed by atoms with Gasteiger partial charge in [-0.15, -0.1) is 0 Å². The van der Waals surface area contributed by atoms with Crippen molar-refractivity contribution in [1.29, 1.82) is 0 Å². The molecule has 0 spiro atoms. The summed E-state index contributed by atoms with van der Waals surface area (Å²) in [4.78, 5) is 16.0. The molecule has 18 heavy (non-hydrogen) atoms. The molecule has 0 aliphatic carbocycles. The Morgan fingerprint density at radius 3 is 2.61 bits per heavy atom. The highest BCUT2D eigenvalue weighted by atomic mass is 35.5. The van der Waals surface area contributed by atoms with E-state index >= 15 is 0 Å². The van der Waals surface area contributed by atoms with Gasteiger partial charge < -0.3 is 5.32 Å². The second kappa shape index (κ2) is 5.72. The van der Waals surface area contributed by atoms with Gasteiger partial charge in [-0.05, 0) is 24.1 Å². The molecular weight excluding hydrogens is 271 g/mol. The Morgan fingerprint density at radius 1 is 1.33 bits per heavy atom. The van der Waals surface area contributed by atoms with Crippen molar-refractivity contribution in [2.45, 2.75) is 32.2 Å². The van der Waals surface area contributed by atoms with Crippen LogP contribution >= 0.6 is 23.2 Å². The van der Waals surface area contributed by atoms with Gasteiger partial charge >= 0.3 is 0 Å². The molecule has 1 N–H and O–H groups in total. The molecule has 1 atom stereocenters. The number of carbonyl (C=O) groups excluding carboxylic acids is 1. The van der Waals surface area contributed by atoms with Gasteiger partial charge in [0.05, 0.1) is 0 Å². The van der Waals surface area contributed by atoms with Crippen molar-refractivity contribution in [1.82, 2.24) is 5.32 Å². The third-order valence-electron chi connectivity index (χ3n) is 2.85. The van der Waals surface area contributed by atoms with Crippen LogP contribution < -0.4 is 5.32 Å². The summed E-state index contributed by atoms with van der Waals surface area (Å²) in [6, 6.07) is 5.10. The average molecular weight is 285 g/mol. The molecule has 5 heteroatoms. The van der Waals surface area contributed by atoms with Gasteiger partial charge in [0, 0.05) is 16.5 Å². The molecule has 0 bridgehead atoms. The number of hydrogen-bond donors (Lipinski definition) is 1. The highest BCUT2D eigenvalue weighted by molar-refractivity contribution is 6.36. The number of nitrogens with zero attached hydrogens (tertiary/aromatic N) is 1. The summed E-state index contributed by atoms with van der Waals surface area (Å²) < 4.78 is 0. The number of benzene rings is 1. The van der Waals surface area contributed by atoms with E-state index in [0.717, 1.165) is 18.4 Å². The summed E-state index contributed by atoms with van der Waals surface area (Å²) in [6.07, 6.45) is 2.16. The first kappa shape index (κ1) is 13.4. The average Bonchev–Trinajstić information content (AvgIpc) is 2.66. The van der Waals surface area contributed by atoms with E-state index in [1.807, 2.05) is 6.92 Å². The Kier molecular flexibility index (Phi) is 4.25. The van der Waals surface area contributed by atoms with E-state index in [1.165, 1.54) is 0 Å². The minimum absolute atomic E-state index is 0.0324. The summed E-state index contributed by atoms with van der Waals surface area (Å²) in [7, 11) is 0. The fourth-order valence-corrected chi connectivity index (χ4v) is 2.46. The van der Waals surface area contributed by atoms with Gasteiger partial charge in [0.2, 0.25) is 5.91 Å². The number of rotatable bonds is 4. The molecule has 0 aromatic heterocycles. The third-order valence-corrected chi connectivity index (χ3v) is 3.56. The van der Waals surface area contributed by atoms with Crippen LogP contribution in [0.2, 0.25) is 10.0 Å². The maximum Gasteiger partial charge on any atom is 0.250 e. The zero-order valence-corrected chi connectivity index (χ0v) is 11.6. The first-order valence-electron chi connectivity index (χ1n) is 5.92. The number of amides is 1. The van der Waals surface area contributed by atoms with Crippen molar-refractivity contribution in [2.75, 3.05) is 0 Å². The van der Waals surface area contributed by atoms with Gasteiger partial charge in [-0.1, -0.05) is 42.6 Å². The molecular formula is C13H14Cl2N2O. The van der Waals surface area contributed by atoms with Crippen molar-refractivity contribution >= 4 is 34.9 Å². The van der Waals surface area contributed by atoms with E-state index in [1.54, 1.807) is 18.2 Å². The molecule has 0 saturated heterocycles. The van der Waals surface area contributed by atoms with Crippen LogP contribution in [-0.2, 0) is 11.2 Å². The third kappa shape index (κ3) is 2.85. The minimum Gasteiger partial charge on any atom is -0.312 e. The fraction of sp³-hybridized carbons (Fsp3) is 0.385. The summed E-state index contributed by atoms with van der Waals surface area (Å²) in [6.45, 7) is 2.03. The summed E-state index contributed by atoms with van der Waals surface area (Å²) in [5, 5.41) is 3.98. The minimum atomic E-state index is -0.258. The molecule has 0 radical (unpaired) electrons. The van der Waals surface area contributed by atoms with E-state index in [0.29, 0.717) is 22.3 Å². The second-order valence-electron chi connectivity index (χ2n) is 4.25. The molecule has 1 aliphatic heterocycles. The lowest BCUT2D eigenvalue weighted by Gasteiger charge is -2.06. The zero-order chi connectivity index (χ0) is 13.1. The monoisotopic (exact) mass is 284 g/mol. The molecule has 1 aromatic rings. The molecule has 1 aromatic carbocycles. The summed E-state index contributed by atoms with van der Waals surface area (Å²) in [5.41, 5.74) is 0.803. The van der Waals surface area contributed by atoms with Crippen molar-refractivity contribution in [3.05, 3.63) is 33.8 Å². The van der Waals surface area contributed by atoms with Crippen LogP contribution in [0.3, 0.4) is 0 Å². The predicted octanol–water partition coefficient (Wildman–Crippen LogP) is 3.23. The van der Waals surface area contributed by atoms with E-state index in [-0.39, 0.29) is 11.9 Å². The van der Waals surface area contributed by atoms with E-state index in [9.17, 15) is 4.79 Å². The predicted molar refractivity (Wildman–Crippen MR) is 74.4 cm³/mol. The maximum atomic E-state index is 11.6. The van der Waals surface area contributed by atoms with Crippen LogP contribution in [-0.4, -0.2) is 17.8 Å². The molecule has 1 unspecified atom stereocenters. The number of aliphatic imine (C=N–C) groups is 1. The number of nitrogens with one attached hydrogen (secondary N) is 1. The first-order chi connectivity index (χ1) is 8.61. The lowest BCUT2D eigenvalue weighted by Crippen LogP contribution is -2.29. The van der Waals surface area contributed by atoms with Gasteiger partial charge in [0.1, 0.15) is 11.9 Å². The Bertz CT molecular complexity index is 480. The van der Waals surface area contributed by atoms with Gasteiger partial charge in [-0.3, -0.25) is 9.79 Å². The molecule has 1 aliphatic rings. The lowest BCUT2D eigenvalue weighted by atomic mass is 10.1. The quantitative estimate of drug-likeness (QED) is 0.906. The number of amidine groups is 1. The van der Waals surface area contributed by atoms with Crippen molar-refractivity contribution in [3.63, 3.8) is 0 Å². The molecule has 96 valence electrons. The van der Waals surface area contributed by atoms with Gasteiger partial charge in [0.25, 0.3) is 0 Å². The number of carbonyl (C=O) groups is 1. The van der Waals surface area contributed by atoms with Crippen LogP contribution in [0.15, 0.2) is 23.2 Å². The molecule has 0 fully saturated rings. The zero-order valence-electron chi connectivity index (χ0n) is 10.0. The Morgan fingerprint density at radius 2 is 2.00 bits per heavy atom. The van der Waals surface area contributed by atoms with Crippen LogP contribution in [0.5, 0.6) is 0 Å². The number of halogens is 2. The van der Waals surface area contributed by atoms with E-state index in [4.69, 9.17) is 23.2 Å². The lowest BCUT2D eigenvalue weighted by molar-refractivity contribution is -0.120. The van der Waals surface area contributed by atoms with Crippen LogP contribution in [0, 0.1) is 0 Å². The molecule has 1 heterocycles.